The summed E-state index contributed by atoms with van der Waals surface area (Å²) in [7, 11) is -3.50. The Morgan fingerprint density at radius 3 is 2.56 bits per heavy atom. The molecule has 2 N–H and O–H groups in total. The standard InChI is InChI=1S/C11H17NO3S/c1-8-5-4-6-11(10(8)3)12-16(14,15)9(2)7-13/h4-6,9,12-13H,7H2,1-3H3. The first-order valence-electron chi connectivity index (χ1n) is 5.07. The van der Waals surface area contributed by atoms with Gasteiger partial charge in [0.2, 0.25) is 10.0 Å². The van der Waals surface area contributed by atoms with E-state index in [-0.39, 0.29) is 6.61 Å². The van der Waals surface area contributed by atoms with Crippen molar-refractivity contribution in [1.29, 1.82) is 0 Å². The van der Waals surface area contributed by atoms with Crippen LogP contribution in [-0.4, -0.2) is 25.4 Å². The van der Waals surface area contributed by atoms with Crippen molar-refractivity contribution in [1.82, 2.24) is 0 Å². The van der Waals surface area contributed by atoms with Crippen molar-refractivity contribution in [2.45, 2.75) is 26.0 Å². The second-order valence-corrected chi connectivity index (χ2v) is 5.99. The fraction of sp³-hybridized carbons (Fsp3) is 0.455. The van der Waals surface area contributed by atoms with Gasteiger partial charge >= 0.3 is 0 Å². The maximum absolute atomic E-state index is 11.7. The summed E-state index contributed by atoms with van der Waals surface area (Å²) in [6, 6.07) is 5.43. The summed E-state index contributed by atoms with van der Waals surface area (Å²) in [4.78, 5) is 0. The van der Waals surface area contributed by atoms with Gasteiger partial charge in [-0.2, -0.15) is 0 Å². The van der Waals surface area contributed by atoms with Crippen molar-refractivity contribution in [3.05, 3.63) is 29.3 Å². The molecule has 1 rings (SSSR count). The van der Waals surface area contributed by atoms with Crippen LogP contribution in [0.4, 0.5) is 5.69 Å². The lowest BCUT2D eigenvalue weighted by atomic mass is 10.1. The first-order valence-corrected chi connectivity index (χ1v) is 6.62. The van der Waals surface area contributed by atoms with Crippen LogP contribution in [0.15, 0.2) is 18.2 Å². The van der Waals surface area contributed by atoms with Gasteiger partial charge in [0, 0.05) is 0 Å². The summed E-state index contributed by atoms with van der Waals surface area (Å²) in [6.07, 6.45) is 0. The van der Waals surface area contributed by atoms with Crippen molar-refractivity contribution < 1.29 is 13.5 Å². The molecular weight excluding hydrogens is 226 g/mol. The monoisotopic (exact) mass is 243 g/mol. The average molecular weight is 243 g/mol. The molecule has 90 valence electrons. The first kappa shape index (κ1) is 13.0. The average Bonchev–Trinajstić information content (AvgIpc) is 2.23. The van der Waals surface area contributed by atoms with Crippen molar-refractivity contribution in [3.63, 3.8) is 0 Å². The molecule has 1 aromatic carbocycles. The molecule has 4 nitrogen and oxygen atoms in total. The minimum Gasteiger partial charge on any atom is -0.395 e. The number of nitrogens with one attached hydrogen (secondary N) is 1. The zero-order valence-electron chi connectivity index (χ0n) is 9.69. The van der Waals surface area contributed by atoms with Gasteiger partial charge in [0.05, 0.1) is 12.3 Å². The Balaban J connectivity index is 3.02. The van der Waals surface area contributed by atoms with Gasteiger partial charge in [0.15, 0.2) is 0 Å². The van der Waals surface area contributed by atoms with Gasteiger partial charge in [-0.25, -0.2) is 8.42 Å². The van der Waals surface area contributed by atoms with Crippen LogP contribution in [0.2, 0.25) is 0 Å². The molecule has 0 aliphatic rings. The summed E-state index contributed by atoms with van der Waals surface area (Å²) in [6.45, 7) is 4.85. The number of rotatable bonds is 4. The third-order valence-corrected chi connectivity index (χ3v) is 4.36. The van der Waals surface area contributed by atoms with Crippen LogP contribution in [0.5, 0.6) is 0 Å². The Kier molecular flexibility index (Phi) is 3.93. The molecule has 0 aliphatic carbocycles. The fourth-order valence-electron chi connectivity index (χ4n) is 1.21. The summed E-state index contributed by atoms with van der Waals surface area (Å²) in [5, 5.41) is 8.04. The molecule has 5 heteroatoms. The maximum Gasteiger partial charge on any atom is 0.237 e. The first-order chi connectivity index (χ1) is 7.38. The highest BCUT2D eigenvalue weighted by atomic mass is 32.2. The van der Waals surface area contributed by atoms with E-state index in [0.717, 1.165) is 11.1 Å². The molecule has 16 heavy (non-hydrogen) atoms. The van der Waals surface area contributed by atoms with E-state index in [9.17, 15) is 8.42 Å². The van der Waals surface area contributed by atoms with Gasteiger partial charge in [0.25, 0.3) is 0 Å². The molecule has 0 spiro atoms. The molecule has 1 unspecified atom stereocenters. The number of aliphatic hydroxyl groups excluding tert-OH is 1. The number of hydrogen-bond acceptors (Lipinski definition) is 3. The third kappa shape index (κ3) is 2.74. The van der Waals surface area contributed by atoms with Crippen LogP contribution in [0.25, 0.3) is 0 Å². The maximum atomic E-state index is 11.7. The Morgan fingerprint density at radius 1 is 1.38 bits per heavy atom. The molecule has 0 radical (unpaired) electrons. The van der Waals surface area contributed by atoms with Crippen molar-refractivity contribution in [3.8, 4) is 0 Å². The van der Waals surface area contributed by atoms with E-state index in [1.54, 1.807) is 12.1 Å². The van der Waals surface area contributed by atoms with Crippen LogP contribution < -0.4 is 4.72 Å². The molecule has 0 saturated heterocycles. The van der Waals surface area contributed by atoms with E-state index in [1.807, 2.05) is 19.9 Å². The molecule has 0 aliphatic heterocycles. The lowest BCUT2D eigenvalue weighted by molar-refractivity contribution is 0.296. The number of aliphatic hydroxyl groups is 1. The summed E-state index contributed by atoms with van der Waals surface area (Å²) in [5.74, 6) is 0. The second-order valence-electron chi connectivity index (χ2n) is 3.89. The molecule has 0 bridgehead atoms. The van der Waals surface area contributed by atoms with Crippen LogP contribution in [0.1, 0.15) is 18.1 Å². The molecule has 0 amide bonds. The summed E-state index contributed by atoms with van der Waals surface area (Å²) < 4.78 is 25.9. The Labute approximate surface area is 96.4 Å². The topological polar surface area (TPSA) is 66.4 Å². The zero-order valence-corrected chi connectivity index (χ0v) is 10.5. The lowest BCUT2D eigenvalue weighted by Gasteiger charge is -2.15. The van der Waals surface area contributed by atoms with Crippen LogP contribution in [0.3, 0.4) is 0 Å². The van der Waals surface area contributed by atoms with E-state index >= 15 is 0 Å². The Morgan fingerprint density at radius 2 is 2.00 bits per heavy atom. The minimum atomic E-state index is -3.50. The molecule has 0 fully saturated rings. The minimum absolute atomic E-state index is 0.389. The number of benzene rings is 1. The summed E-state index contributed by atoms with van der Waals surface area (Å²) in [5.41, 5.74) is 2.49. The molecule has 1 aromatic rings. The number of sulfonamides is 1. The highest BCUT2D eigenvalue weighted by Crippen LogP contribution is 2.20. The lowest BCUT2D eigenvalue weighted by Crippen LogP contribution is -2.28. The highest BCUT2D eigenvalue weighted by molar-refractivity contribution is 7.93. The van der Waals surface area contributed by atoms with E-state index in [2.05, 4.69) is 4.72 Å². The molecule has 1 atom stereocenters. The van der Waals surface area contributed by atoms with Gasteiger partial charge in [-0.3, -0.25) is 4.72 Å². The number of hydrogen-bond donors (Lipinski definition) is 2. The Bertz CT molecular complexity index is 468. The van der Waals surface area contributed by atoms with E-state index in [1.165, 1.54) is 6.92 Å². The van der Waals surface area contributed by atoms with Crippen LogP contribution >= 0.6 is 0 Å². The number of aryl methyl sites for hydroxylation is 1. The SMILES string of the molecule is Cc1cccc(NS(=O)(=O)C(C)CO)c1C. The van der Waals surface area contributed by atoms with Crippen molar-refractivity contribution in [2.75, 3.05) is 11.3 Å². The van der Waals surface area contributed by atoms with Gasteiger partial charge in [-0.1, -0.05) is 12.1 Å². The zero-order chi connectivity index (χ0) is 12.3. The van der Waals surface area contributed by atoms with Crippen molar-refractivity contribution in [2.24, 2.45) is 0 Å². The van der Waals surface area contributed by atoms with Gasteiger partial charge in [-0.05, 0) is 38.0 Å². The second kappa shape index (κ2) is 4.84. The van der Waals surface area contributed by atoms with Gasteiger partial charge in [-0.15, -0.1) is 0 Å². The third-order valence-electron chi connectivity index (χ3n) is 2.64. The highest BCUT2D eigenvalue weighted by Gasteiger charge is 2.20. The van der Waals surface area contributed by atoms with Crippen LogP contribution in [-0.2, 0) is 10.0 Å². The van der Waals surface area contributed by atoms with Gasteiger partial charge < -0.3 is 5.11 Å². The van der Waals surface area contributed by atoms with Crippen molar-refractivity contribution >= 4 is 15.7 Å². The quantitative estimate of drug-likeness (QED) is 0.840. The van der Waals surface area contributed by atoms with Crippen LogP contribution in [0, 0.1) is 13.8 Å². The Hall–Kier alpha value is -1.07. The molecular formula is C11H17NO3S. The smallest absolute Gasteiger partial charge is 0.237 e. The van der Waals surface area contributed by atoms with Gasteiger partial charge in [0.1, 0.15) is 5.25 Å². The summed E-state index contributed by atoms with van der Waals surface area (Å²) >= 11 is 0. The molecule has 0 saturated carbocycles. The fourth-order valence-corrected chi connectivity index (χ4v) is 2.14. The van der Waals surface area contributed by atoms with E-state index in [0.29, 0.717) is 5.69 Å². The normalized spacial score (nSPS) is 13.5. The van der Waals surface area contributed by atoms with E-state index in [4.69, 9.17) is 5.11 Å². The molecule has 0 aromatic heterocycles. The molecule has 0 heterocycles. The van der Waals surface area contributed by atoms with E-state index < -0.39 is 15.3 Å². The largest absolute Gasteiger partial charge is 0.395 e. The number of anilines is 1. The predicted molar refractivity (Wildman–Crippen MR) is 65.0 cm³/mol. The predicted octanol–water partition coefficient (Wildman–Crippen LogP) is 1.43.